The monoisotopic (exact) mass is 264 g/mol. The van der Waals surface area contributed by atoms with Crippen LogP contribution in [-0.2, 0) is 4.79 Å². The Hall–Kier alpha value is -0.570. The van der Waals surface area contributed by atoms with Gasteiger partial charge in [-0.3, -0.25) is 10.1 Å². The minimum absolute atomic E-state index is 0.183. The van der Waals surface area contributed by atoms with E-state index in [0.717, 1.165) is 31.6 Å². The molecule has 0 aromatic heterocycles. The van der Waals surface area contributed by atoms with Crippen LogP contribution in [0.5, 0.6) is 0 Å². The molecule has 19 heavy (non-hydrogen) atoms. The Kier molecular flexibility index (Phi) is 3.59. The molecule has 1 aliphatic heterocycles. The molecule has 1 amide bonds. The second kappa shape index (κ2) is 5.08. The lowest BCUT2D eigenvalue weighted by Crippen LogP contribution is -2.45. The molecule has 1 heterocycles. The van der Waals surface area contributed by atoms with Crippen LogP contribution in [-0.4, -0.2) is 28.6 Å². The molecule has 2 unspecified atom stereocenters. The Morgan fingerprint density at radius 2 is 2.00 bits per heavy atom. The van der Waals surface area contributed by atoms with E-state index in [1.54, 1.807) is 0 Å². The van der Waals surface area contributed by atoms with Crippen LogP contribution in [0.4, 0.5) is 0 Å². The Bertz CT molecular complexity index is 345. The van der Waals surface area contributed by atoms with Crippen molar-refractivity contribution in [2.45, 2.75) is 89.4 Å². The summed E-state index contributed by atoms with van der Waals surface area (Å²) in [4.78, 5) is 15.2. The molecule has 2 atom stereocenters. The number of carbonyl (C=O) groups excluding carboxylic acids is 1. The van der Waals surface area contributed by atoms with Crippen molar-refractivity contribution in [3.05, 3.63) is 0 Å². The third kappa shape index (κ3) is 2.31. The van der Waals surface area contributed by atoms with E-state index in [4.69, 9.17) is 0 Å². The number of nitrogens with zero attached hydrogens (tertiary/aromatic N) is 1. The molecule has 2 aliphatic carbocycles. The Labute approximate surface area is 117 Å². The summed E-state index contributed by atoms with van der Waals surface area (Å²) in [5.74, 6) is 1.32. The first-order chi connectivity index (χ1) is 9.20. The molecular formula is C16H28N2O. The van der Waals surface area contributed by atoms with Crippen LogP contribution in [0, 0.1) is 5.92 Å². The number of carbonyl (C=O) groups is 1. The van der Waals surface area contributed by atoms with Crippen LogP contribution in [0.25, 0.3) is 0 Å². The van der Waals surface area contributed by atoms with Crippen molar-refractivity contribution in [2.24, 2.45) is 5.92 Å². The first-order valence-electron chi connectivity index (χ1n) is 8.30. The van der Waals surface area contributed by atoms with Crippen LogP contribution in [0.2, 0.25) is 0 Å². The number of nitrogens with one attached hydrogen (secondary N) is 1. The third-order valence-electron chi connectivity index (χ3n) is 5.43. The fourth-order valence-corrected chi connectivity index (χ4v) is 4.11. The fraction of sp³-hybridized carbons (Fsp3) is 0.938. The van der Waals surface area contributed by atoms with E-state index in [0.29, 0.717) is 11.9 Å². The highest BCUT2D eigenvalue weighted by molar-refractivity contribution is 5.89. The molecule has 0 bridgehead atoms. The van der Waals surface area contributed by atoms with Crippen LogP contribution < -0.4 is 5.32 Å². The molecule has 3 rings (SSSR count). The average molecular weight is 264 g/mol. The van der Waals surface area contributed by atoms with E-state index in [1.165, 1.54) is 32.1 Å². The highest BCUT2D eigenvalue weighted by Crippen LogP contribution is 2.41. The zero-order valence-corrected chi connectivity index (χ0v) is 12.5. The maximum atomic E-state index is 13.0. The molecule has 0 aromatic rings. The minimum Gasteiger partial charge on any atom is -0.323 e. The van der Waals surface area contributed by atoms with E-state index >= 15 is 0 Å². The molecule has 2 saturated carbocycles. The maximum absolute atomic E-state index is 13.0. The average Bonchev–Trinajstić information content (AvgIpc) is 3.04. The van der Waals surface area contributed by atoms with E-state index in [1.807, 2.05) is 0 Å². The standard InChI is InChI=1S/C16H28N2O/c1-3-13(11-12-7-8-12)18-14(4-2)17-16(15(18)19)9-5-6-10-16/h12-14,17H,3-11H2,1-2H3. The molecule has 3 nitrogen and oxygen atoms in total. The van der Waals surface area contributed by atoms with Gasteiger partial charge in [0.2, 0.25) is 5.91 Å². The topological polar surface area (TPSA) is 32.3 Å². The molecular weight excluding hydrogens is 236 g/mol. The Morgan fingerprint density at radius 1 is 1.32 bits per heavy atom. The lowest BCUT2D eigenvalue weighted by atomic mass is 9.96. The quantitative estimate of drug-likeness (QED) is 0.827. The molecule has 3 fully saturated rings. The van der Waals surface area contributed by atoms with E-state index < -0.39 is 0 Å². The zero-order valence-electron chi connectivity index (χ0n) is 12.5. The summed E-state index contributed by atoms with van der Waals surface area (Å²) >= 11 is 0. The molecule has 1 N–H and O–H groups in total. The summed E-state index contributed by atoms with van der Waals surface area (Å²) in [6, 6.07) is 0.470. The first-order valence-corrected chi connectivity index (χ1v) is 8.30. The van der Waals surface area contributed by atoms with Gasteiger partial charge in [-0.1, -0.05) is 39.5 Å². The zero-order chi connectivity index (χ0) is 13.5. The highest BCUT2D eigenvalue weighted by atomic mass is 16.2. The normalized spacial score (nSPS) is 31.4. The Balaban J connectivity index is 1.78. The van der Waals surface area contributed by atoms with Gasteiger partial charge in [-0.2, -0.15) is 0 Å². The van der Waals surface area contributed by atoms with Gasteiger partial charge in [0.25, 0.3) is 0 Å². The smallest absolute Gasteiger partial charge is 0.244 e. The largest absolute Gasteiger partial charge is 0.323 e. The van der Waals surface area contributed by atoms with Gasteiger partial charge in [-0.05, 0) is 38.0 Å². The highest BCUT2D eigenvalue weighted by Gasteiger charge is 2.53. The molecule has 3 aliphatic rings. The molecule has 0 radical (unpaired) electrons. The van der Waals surface area contributed by atoms with Gasteiger partial charge in [0, 0.05) is 6.04 Å². The van der Waals surface area contributed by atoms with Gasteiger partial charge in [0.1, 0.15) is 0 Å². The molecule has 1 saturated heterocycles. The van der Waals surface area contributed by atoms with Gasteiger partial charge >= 0.3 is 0 Å². The van der Waals surface area contributed by atoms with Crippen molar-refractivity contribution in [2.75, 3.05) is 0 Å². The van der Waals surface area contributed by atoms with Gasteiger partial charge < -0.3 is 4.90 Å². The molecule has 108 valence electrons. The summed E-state index contributed by atoms with van der Waals surface area (Å²) in [5.41, 5.74) is -0.183. The number of hydrogen-bond donors (Lipinski definition) is 1. The molecule has 0 aromatic carbocycles. The van der Waals surface area contributed by atoms with Crippen molar-refractivity contribution in [3.63, 3.8) is 0 Å². The van der Waals surface area contributed by atoms with Crippen molar-refractivity contribution in [3.8, 4) is 0 Å². The van der Waals surface area contributed by atoms with Crippen molar-refractivity contribution in [1.82, 2.24) is 10.2 Å². The van der Waals surface area contributed by atoms with E-state index in [-0.39, 0.29) is 11.7 Å². The predicted molar refractivity (Wildman–Crippen MR) is 76.7 cm³/mol. The molecule has 3 heteroatoms. The van der Waals surface area contributed by atoms with Gasteiger partial charge in [-0.15, -0.1) is 0 Å². The maximum Gasteiger partial charge on any atom is 0.244 e. The summed E-state index contributed by atoms with van der Waals surface area (Å²) < 4.78 is 0. The minimum atomic E-state index is -0.183. The molecule has 1 spiro atoms. The fourth-order valence-electron chi connectivity index (χ4n) is 4.11. The lowest BCUT2D eigenvalue weighted by Gasteiger charge is -2.32. The first kappa shape index (κ1) is 13.4. The second-order valence-corrected chi connectivity index (χ2v) is 6.81. The van der Waals surface area contributed by atoms with Crippen LogP contribution in [0.1, 0.15) is 71.6 Å². The number of rotatable bonds is 5. The van der Waals surface area contributed by atoms with Crippen LogP contribution >= 0.6 is 0 Å². The van der Waals surface area contributed by atoms with Gasteiger partial charge in [0.05, 0.1) is 11.7 Å². The Morgan fingerprint density at radius 3 is 2.53 bits per heavy atom. The van der Waals surface area contributed by atoms with E-state index in [9.17, 15) is 4.79 Å². The van der Waals surface area contributed by atoms with Gasteiger partial charge in [-0.25, -0.2) is 0 Å². The summed E-state index contributed by atoms with van der Waals surface area (Å²) in [6.45, 7) is 4.45. The summed E-state index contributed by atoms with van der Waals surface area (Å²) in [7, 11) is 0. The van der Waals surface area contributed by atoms with Gasteiger partial charge in [0.15, 0.2) is 0 Å². The van der Waals surface area contributed by atoms with Crippen molar-refractivity contribution in [1.29, 1.82) is 0 Å². The SMILES string of the molecule is CCC(CC1CC1)N1C(=O)C2(CCCC2)NC1CC. The number of hydrogen-bond acceptors (Lipinski definition) is 2. The van der Waals surface area contributed by atoms with Crippen LogP contribution in [0.3, 0.4) is 0 Å². The van der Waals surface area contributed by atoms with Crippen molar-refractivity contribution >= 4 is 5.91 Å². The van der Waals surface area contributed by atoms with E-state index in [2.05, 4.69) is 24.1 Å². The third-order valence-corrected chi connectivity index (χ3v) is 5.43. The van der Waals surface area contributed by atoms with Crippen LogP contribution in [0.15, 0.2) is 0 Å². The van der Waals surface area contributed by atoms with Crippen molar-refractivity contribution < 1.29 is 4.79 Å². The number of amides is 1. The summed E-state index contributed by atoms with van der Waals surface area (Å²) in [6.07, 6.45) is 11.0. The second-order valence-electron chi connectivity index (χ2n) is 6.81. The lowest BCUT2D eigenvalue weighted by molar-refractivity contribution is -0.135. The predicted octanol–water partition coefficient (Wildman–Crippen LogP) is 3.05. The summed E-state index contributed by atoms with van der Waals surface area (Å²) in [5, 5.41) is 3.70.